The van der Waals surface area contributed by atoms with Crippen LogP contribution in [0.1, 0.15) is 56.2 Å². The summed E-state index contributed by atoms with van der Waals surface area (Å²) in [6.45, 7) is 9.40. The molecule has 3 atom stereocenters. The van der Waals surface area contributed by atoms with Crippen molar-refractivity contribution in [2.45, 2.75) is 57.6 Å². The van der Waals surface area contributed by atoms with Crippen molar-refractivity contribution >= 4 is 42.1 Å². The normalized spacial score (nSPS) is 26.7. The zero-order valence-corrected chi connectivity index (χ0v) is 17.5. The number of nitrogens with zero attached hydrogens (tertiary/aromatic N) is 2. The molecule has 1 aromatic heterocycles. The van der Waals surface area contributed by atoms with Crippen LogP contribution in [0.2, 0.25) is 0 Å². The molecular weight excluding hydrogens is 381 g/mol. The van der Waals surface area contributed by atoms with Crippen LogP contribution in [0.5, 0.6) is 0 Å². The minimum Gasteiger partial charge on any atom is -0.375 e. The molecule has 2 aliphatic rings. The number of morpholine rings is 1. The van der Waals surface area contributed by atoms with Gasteiger partial charge in [-0.25, -0.2) is 4.98 Å². The molecule has 0 radical (unpaired) electrons. The Balaban J connectivity index is 0.00000156. The Kier molecular flexibility index (Phi) is 9.12. The first-order valence-electron chi connectivity index (χ1n) is 8.65. The SMILES string of the molecule is CC(C)c1csc(C2CCCN(C(=O)[C@H]3NCCO[C@@H]3C)C2)n1.Cl.Cl. The number of hydrogen-bond acceptors (Lipinski definition) is 5. The lowest BCUT2D eigenvalue weighted by Crippen LogP contribution is -2.57. The molecule has 1 unspecified atom stereocenters. The summed E-state index contributed by atoms with van der Waals surface area (Å²) < 4.78 is 5.62. The van der Waals surface area contributed by atoms with Crippen LogP contribution in [-0.2, 0) is 9.53 Å². The summed E-state index contributed by atoms with van der Waals surface area (Å²) in [7, 11) is 0. The molecule has 2 saturated heterocycles. The van der Waals surface area contributed by atoms with E-state index in [2.05, 4.69) is 24.5 Å². The lowest BCUT2D eigenvalue weighted by Gasteiger charge is -2.37. The Morgan fingerprint density at radius 2 is 2.20 bits per heavy atom. The lowest BCUT2D eigenvalue weighted by molar-refractivity contribution is -0.140. The summed E-state index contributed by atoms with van der Waals surface area (Å²) in [5, 5.41) is 6.66. The number of nitrogens with one attached hydrogen (secondary N) is 1. The Bertz CT molecular complexity index is 556. The number of aromatic nitrogens is 1. The number of hydrogen-bond donors (Lipinski definition) is 1. The van der Waals surface area contributed by atoms with Gasteiger partial charge in [0.05, 0.1) is 23.4 Å². The molecule has 144 valence electrons. The van der Waals surface area contributed by atoms with E-state index in [0.29, 0.717) is 18.4 Å². The first-order chi connectivity index (χ1) is 11.1. The second-order valence-electron chi connectivity index (χ2n) is 6.90. The summed E-state index contributed by atoms with van der Waals surface area (Å²) in [5.74, 6) is 1.03. The fraction of sp³-hybridized carbons (Fsp3) is 0.765. The van der Waals surface area contributed by atoms with E-state index in [1.54, 1.807) is 11.3 Å². The molecule has 3 rings (SSSR count). The van der Waals surface area contributed by atoms with Crippen molar-refractivity contribution in [3.05, 3.63) is 16.1 Å². The van der Waals surface area contributed by atoms with Gasteiger partial charge >= 0.3 is 0 Å². The zero-order chi connectivity index (χ0) is 16.4. The molecule has 1 aromatic rings. The minimum atomic E-state index is -0.204. The van der Waals surface area contributed by atoms with Crippen LogP contribution in [0.15, 0.2) is 5.38 Å². The van der Waals surface area contributed by atoms with Gasteiger partial charge in [0.2, 0.25) is 5.91 Å². The monoisotopic (exact) mass is 409 g/mol. The van der Waals surface area contributed by atoms with Crippen LogP contribution in [0.3, 0.4) is 0 Å². The highest BCUT2D eigenvalue weighted by Gasteiger charge is 2.34. The molecule has 2 aliphatic heterocycles. The molecule has 1 amide bonds. The van der Waals surface area contributed by atoms with E-state index in [1.165, 1.54) is 10.7 Å². The van der Waals surface area contributed by atoms with Crippen LogP contribution in [0, 0.1) is 0 Å². The van der Waals surface area contributed by atoms with E-state index < -0.39 is 0 Å². The third-order valence-corrected chi connectivity index (χ3v) is 5.82. The molecule has 3 heterocycles. The predicted octanol–water partition coefficient (Wildman–Crippen LogP) is 3.19. The number of piperidine rings is 1. The number of thiazole rings is 1. The highest BCUT2D eigenvalue weighted by Crippen LogP contribution is 2.31. The number of rotatable bonds is 3. The van der Waals surface area contributed by atoms with Crippen LogP contribution in [-0.4, -0.2) is 54.2 Å². The number of amides is 1. The van der Waals surface area contributed by atoms with Gasteiger partial charge in [0, 0.05) is 30.9 Å². The van der Waals surface area contributed by atoms with Crippen molar-refractivity contribution < 1.29 is 9.53 Å². The quantitative estimate of drug-likeness (QED) is 0.832. The van der Waals surface area contributed by atoms with Crippen molar-refractivity contribution in [1.29, 1.82) is 0 Å². The van der Waals surface area contributed by atoms with Crippen molar-refractivity contribution in [2.24, 2.45) is 0 Å². The number of carbonyl (C=O) groups excluding carboxylic acids is 1. The van der Waals surface area contributed by atoms with Crippen molar-refractivity contribution in [3.8, 4) is 0 Å². The van der Waals surface area contributed by atoms with Gasteiger partial charge in [0.1, 0.15) is 6.04 Å². The summed E-state index contributed by atoms with van der Waals surface area (Å²) in [6, 6.07) is -0.204. The predicted molar refractivity (Wildman–Crippen MR) is 106 cm³/mol. The summed E-state index contributed by atoms with van der Waals surface area (Å²) in [5.41, 5.74) is 1.17. The number of halogens is 2. The molecule has 0 bridgehead atoms. The highest BCUT2D eigenvalue weighted by atomic mass is 35.5. The van der Waals surface area contributed by atoms with Crippen LogP contribution < -0.4 is 5.32 Å². The van der Waals surface area contributed by atoms with Gasteiger partial charge in [-0.3, -0.25) is 4.79 Å². The molecule has 2 fully saturated rings. The van der Waals surface area contributed by atoms with Gasteiger partial charge in [0.25, 0.3) is 0 Å². The Hall–Kier alpha value is -0.400. The molecule has 0 aliphatic carbocycles. The van der Waals surface area contributed by atoms with E-state index >= 15 is 0 Å². The van der Waals surface area contributed by atoms with Crippen LogP contribution in [0.4, 0.5) is 0 Å². The molecule has 0 saturated carbocycles. The highest BCUT2D eigenvalue weighted by molar-refractivity contribution is 7.09. The molecule has 0 spiro atoms. The smallest absolute Gasteiger partial charge is 0.242 e. The Morgan fingerprint density at radius 1 is 1.44 bits per heavy atom. The molecule has 8 heteroatoms. The zero-order valence-electron chi connectivity index (χ0n) is 15.1. The summed E-state index contributed by atoms with van der Waals surface area (Å²) in [6.07, 6.45) is 2.12. The fourth-order valence-corrected chi connectivity index (χ4v) is 4.45. The molecule has 25 heavy (non-hydrogen) atoms. The lowest BCUT2D eigenvalue weighted by atomic mass is 9.97. The van der Waals surface area contributed by atoms with Crippen molar-refractivity contribution in [2.75, 3.05) is 26.2 Å². The topological polar surface area (TPSA) is 54.5 Å². The Labute approximate surface area is 166 Å². The first kappa shape index (κ1) is 22.6. The largest absolute Gasteiger partial charge is 0.375 e. The van der Waals surface area contributed by atoms with Gasteiger partial charge in [-0.05, 0) is 25.7 Å². The number of likely N-dealkylation sites (tertiary alicyclic amines) is 1. The average Bonchev–Trinajstić information content (AvgIpc) is 3.05. The fourth-order valence-electron chi connectivity index (χ4n) is 3.34. The second-order valence-corrected chi connectivity index (χ2v) is 7.79. The average molecular weight is 410 g/mol. The molecule has 1 N–H and O–H groups in total. The standard InChI is InChI=1S/C17H27N3O2S.2ClH/c1-11(2)14-10-23-16(19-14)13-5-4-7-20(9-13)17(21)15-12(3)22-8-6-18-15;;/h10-13,15,18H,4-9H2,1-3H3;2*1H/t12-,13?,15+;;/m1../s1. The second kappa shape index (κ2) is 10.1. The molecule has 5 nitrogen and oxygen atoms in total. The maximum absolute atomic E-state index is 12.8. The van der Waals surface area contributed by atoms with E-state index in [9.17, 15) is 4.79 Å². The van der Waals surface area contributed by atoms with E-state index in [1.807, 2.05) is 11.8 Å². The molecular formula is C17H29Cl2N3O2S. The minimum absolute atomic E-state index is 0. The third kappa shape index (κ3) is 5.30. The Morgan fingerprint density at radius 3 is 2.84 bits per heavy atom. The number of carbonyl (C=O) groups is 1. The van der Waals surface area contributed by atoms with E-state index in [4.69, 9.17) is 9.72 Å². The summed E-state index contributed by atoms with van der Waals surface area (Å²) in [4.78, 5) is 19.6. The van der Waals surface area contributed by atoms with E-state index in [-0.39, 0.29) is 42.9 Å². The third-order valence-electron chi connectivity index (χ3n) is 4.80. The summed E-state index contributed by atoms with van der Waals surface area (Å²) >= 11 is 1.74. The van der Waals surface area contributed by atoms with Gasteiger partial charge in [0.15, 0.2) is 0 Å². The van der Waals surface area contributed by atoms with Crippen molar-refractivity contribution in [1.82, 2.24) is 15.2 Å². The van der Waals surface area contributed by atoms with Crippen LogP contribution in [0.25, 0.3) is 0 Å². The van der Waals surface area contributed by atoms with Gasteiger partial charge in [-0.15, -0.1) is 36.2 Å². The van der Waals surface area contributed by atoms with Gasteiger partial charge < -0.3 is 15.0 Å². The first-order valence-corrected chi connectivity index (χ1v) is 9.53. The van der Waals surface area contributed by atoms with Crippen LogP contribution >= 0.6 is 36.2 Å². The maximum Gasteiger partial charge on any atom is 0.242 e. The number of ether oxygens (including phenoxy) is 1. The van der Waals surface area contributed by atoms with Gasteiger partial charge in [-0.2, -0.15) is 0 Å². The van der Waals surface area contributed by atoms with Gasteiger partial charge in [-0.1, -0.05) is 13.8 Å². The maximum atomic E-state index is 12.8. The van der Waals surface area contributed by atoms with E-state index in [0.717, 1.165) is 32.5 Å². The molecule has 0 aromatic carbocycles. The van der Waals surface area contributed by atoms with Crippen molar-refractivity contribution in [3.63, 3.8) is 0 Å².